The zero-order chi connectivity index (χ0) is 23.7. The number of nitrogens with zero attached hydrogens (tertiary/aromatic N) is 5. The van der Waals surface area contributed by atoms with E-state index in [0.717, 1.165) is 43.1 Å². The van der Waals surface area contributed by atoms with Gasteiger partial charge in [-0.25, -0.2) is 14.8 Å². The Morgan fingerprint density at radius 2 is 2.03 bits per heavy atom. The predicted octanol–water partition coefficient (Wildman–Crippen LogP) is 2.98. The molecule has 1 aromatic heterocycles. The number of methoxy groups -OCH3 is 1. The molecule has 0 bridgehead atoms. The summed E-state index contributed by atoms with van der Waals surface area (Å²) in [5.41, 5.74) is 4.36. The summed E-state index contributed by atoms with van der Waals surface area (Å²) in [6, 6.07) is 15.1. The molecule has 8 heteroatoms. The molecule has 0 saturated carbocycles. The van der Waals surface area contributed by atoms with E-state index in [2.05, 4.69) is 74.5 Å². The molecule has 1 N–H and O–H groups in total. The first kappa shape index (κ1) is 22.1. The summed E-state index contributed by atoms with van der Waals surface area (Å²) in [7, 11) is 1.35. The highest BCUT2D eigenvalue weighted by atomic mass is 16.5. The van der Waals surface area contributed by atoms with Crippen LogP contribution in [0.1, 0.15) is 33.9 Å². The highest BCUT2D eigenvalue weighted by Gasteiger charge is 2.30. The zero-order valence-electron chi connectivity index (χ0n) is 19.5. The lowest BCUT2D eigenvalue weighted by molar-refractivity contribution is 0.0586. The third kappa shape index (κ3) is 4.03. The van der Waals surface area contributed by atoms with E-state index in [-0.39, 0.29) is 11.9 Å². The maximum absolute atomic E-state index is 12.4. The van der Waals surface area contributed by atoms with Crippen molar-refractivity contribution in [3.8, 4) is 6.07 Å². The Hall–Kier alpha value is -3.70. The van der Waals surface area contributed by atoms with Gasteiger partial charge in [0.05, 0.1) is 31.8 Å². The molecule has 174 valence electrons. The van der Waals surface area contributed by atoms with Gasteiger partial charge in [-0.3, -0.25) is 0 Å². The van der Waals surface area contributed by atoms with Crippen molar-refractivity contribution in [2.45, 2.75) is 32.4 Å². The molecular formula is C26H28N6O2. The zero-order valence-corrected chi connectivity index (χ0v) is 19.5. The fourth-order valence-corrected chi connectivity index (χ4v) is 5.09. The number of fused-ring (bicyclic) bond motifs is 2. The van der Waals surface area contributed by atoms with E-state index in [1.165, 1.54) is 29.1 Å². The van der Waals surface area contributed by atoms with Gasteiger partial charge in [-0.05, 0) is 30.4 Å². The monoisotopic (exact) mass is 456 g/mol. The third-order valence-corrected chi connectivity index (χ3v) is 6.74. The summed E-state index contributed by atoms with van der Waals surface area (Å²) < 4.78 is 4.96. The van der Waals surface area contributed by atoms with Crippen LogP contribution in [-0.2, 0) is 17.7 Å². The van der Waals surface area contributed by atoms with Crippen LogP contribution in [0.4, 0.5) is 11.5 Å². The van der Waals surface area contributed by atoms with Gasteiger partial charge in [0.25, 0.3) is 0 Å². The molecule has 34 heavy (non-hydrogen) atoms. The second-order valence-electron chi connectivity index (χ2n) is 8.87. The average Bonchev–Trinajstić information content (AvgIpc) is 2.87. The Bertz CT molecular complexity index is 1280. The number of nitriles is 1. The van der Waals surface area contributed by atoms with E-state index in [9.17, 15) is 4.79 Å². The molecule has 5 rings (SSSR count). The van der Waals surface area contributed by atoms with Crippen molar-refractivity contribution in [1.29, 1.82) is 5.26 Å². The molecule has 3 heterocycles. The molecule has 1 atom stereocenters. The number of anilines is 2. The number of aromatic nitrogens is 2. The molecule has 1 saturated heterocycles. The van der Waals surface area contributed by atoms with Crippen molar-refractivity contribution >= 4 is 28.2 Å². The second-order valence-corrected chi connectivity index (χ2v) is 8.87. The first-order valence-electron chi connectivity index (χ1n) is 11.7. The molecule has 2 aromatic carbocycles. The molecule has 8 nitrogen and oxygen atoms in total. The predicted molar refractivity (Wildman–Crippen MR) is 131 cm³/mol. The number of carbonyl (C=O) groups excluding carboxylic acids is 1. The molecule has 0 spiro atoms. The summed E-state index contributed by atoms with van der Waals surface area (Å²) >= 11 is 0. The average molecular weight is 457 g/mol. The molecule has 0 radical (unpaired) electrons. The van der Waals surface area contributed by atoms with Crippen molar-refractivity contribution in [3.63, 3.8) is 0 Å². The smallest absolute Gasteiger partial charge is 0.376 e. The third-order valence-electron chi connectivity index (χ3n) is 6.74. The van der Waals surface area contributed by atoms with E-state index in [1.54, 1.807) is 0 Å². The number of carbonyl (C=O) groups is 1. The lowest BCUT2D eigenvalue weighted by atomic mass is 9.99. The lowest BCUT2D eigenvalue weighted by Crippen LogP contribution is -2.51. The number of hydrogen-bond donors (Lipinski definition) is 1. The van der Waals surface area contributed by atoms with Crippen molar-refractivity contribution < 1.29 is 9.53 Å². The van der Waals surface area contributed by atoms with Crippen LogP contribution < -0.4 is 15.1 Å². The van der Waals surface area contributed by atoms with Gasteiger partial charge in [0.1, 0.15) is 5.82 Å². The van der Waals surface area contributed by atoms with Crippen molar-refractivity contribution in [3.05, 3.63) is 59.0 Å². The second kappa shape index (κ2) is 9.27. The Balaban J connectivity index is 1.54. The van der Waals surface area contributed by atoms with Crippen molar-refractivity contribution in [2.24, 2.45) is 0 Å². The highest BCUT2D eigenvalue weighted by molar-refractivity contribution is 5.97. The van der Waals surface area contributed by atoms with Crippen LogP contribution in [0.25, 0.3) is 10.8 Å². The van der Waals surface area contributed by atoms with Crippen LogP contribution in [0.5, 0.6) is 0 Å². The van der Waals surface area contributed by atoms with Gasteiger partial charge >= 0.3 is 5.97 Å². The minimum atomic E-state index is -0.536. The molecule has 0 aliphatic carbocycles. The molecule has 3 aromatic rings. The number of hydrogen-bond acceptors (Lipinski definition) is 8. The Morgan fingerprint density at radius 3 is 2.82 bits per heavy atom. The van der Waals surface area contributed by atoms with E-state index in [0.29, 0.717) is 19.5 Å². The SMILES string of the molecule is COC(=O)c1nc2c(c(N3CCNC(CC#N)C3)n1)CCN(c1cccc3cccc(C)c13)C2. The van der Waals surface area contributed by atoms with E-state index in [1.807, 2.05) is 0 Å². The maximum Gasteiger partial charge on any atom is 0.376 e. The van der Waals surface area contributed by atoms with Gasteiger partial charge < -0.3 is 19.9 Å². The summed E-state index contributed by atoms with van der Waals surface area (Å²) in [6.45, 7) is 5.77. The molecule has 0 amide bonds. The minimum absolute atomic E-state index is 0.0738. The van der Waals surface area contributed by atoms with Crippen LogP contribution in [0.15, 0.2) is 36.4 Å². The van der Waals surface area contributed by atoms with E-state index < -0.39 is 5.97 Å². The van der Waals surface area contributed by atoms with Crippen LogP contribution in [0, 0.1) is 18.3 Å². The Kier molecular flexibility index (Phi) is 6.03. The molecule has 1 unspecified atom stereocenters. The number of piperazine rings is 1. The molecule has 2 aliphatic rings. The fourth-order valence-electron chi connectivity index (χ4n) is 5.09. The van der Waals surface area contributed by atoms with Gasteiger partial charge in [0, 0.05) is 48.9 Å². The summed E-state index contributed by atoms with van der Waals surface area (Å²) in [5, 5.41) is 15.0. The Morgan fingerprint density at radius 1 is 1.21 bits per heavy atom. The van der Waals surface area contributed by atoms with Crippen LogP contribution in [0.3, 0.4) is 0 Å². The number of esters is 1. The molecule has 1 fully saturated rings. The fraction of sp³-hybridized carbons (Fsp3) is 0.385. The van der Waals surface area contributed by atoms with Gasteiger partial charge in [0.15, 0.2) is 0 Å². The van der Waals surface area contributed by atoms with E-state index in [4.69, 9.17) is 10.00 Å². The summed E-state index contributed by atoms with van der Waals surface area (Å²) in [6.07, 6.45) is 1.21. The minimum Gasteiger partial charge on any atom is -0.463 e. The van der Waals surface area contributed by atoms with Crippen molar-refractivity contribution in [2.75, 3.05) is 43.1 Å². The van der Waals surface area contributed by atoms with Gasteiger partial charge in [0.2, 0.25) is 5.82 Å². The van der Waals surface area contributed by atoms with Gasteiger partial charge in [-0.15, -0.1) is 0 Å². The van der Waals surface area contributed by atoms with Gasteiger partial charge in [-0.1, -0.05) is 30.3 Å². The molecule has 2 aliphatic heterocycles. The maximum atomic E-state index is 12.4. The highest BCUT2D eigenvalue weighted by Crippen LogP contribution is 2.34. The van der Waals surface area contributed by atoms with Gasteiger partial charge in [-0.2, -0.15) is 5.26 Å². The van der Waals surface area contributed by atoms with Crippen molar-refractivity contribution in [1.82, 2.24) is 15.3 Å². The normalized spacial score (nSPS) is 17.9. The summed E-state index contributed by atoms with van der Waals surface area (Å²) in [5.74, 6) is 0.344. The van der Waals surface area contributed by atoms with Crippen LogP contribution >= 0.6 is 0 Å². The van der Waals surface area contributed by atoms with Crippen LogP contribution in [0.2, 0.25) is 0 Å². The van der Waals surface area contributed by atoms with Crippen LogP contribution in [-0.4, -0.2) is 55.3 Å². The lowest BCUT2D eigenvalue weighted by Gasteiger charge is -2.37. The first-order valence-corrected chi connectivity index (χ1v) is 11.7. The summed E-state index contributed by atoms with van der Waals surface area (Å²) in [4.78, 5) is 26.3. The largest absolute Gasteiger partial charge is 0.463 e. The van der Waals surface area contributed by atoms with E-state index >= 15 is 0 Å². The standard InChI is InChI=1S/C26H28N6O2/c1-17-5-3-6-18-7-4-8-22(23(17)18)31-13-10-20-21(16-31)29-24(26(33)34-2)30-25(20)32-14-12-28-19(15-32)9-11-27/h3-8,19,28H,9-10,12-16H2,1-2H3. The number of nitrogens with one attached hydrogen (secondary N) is 1. The number of aryl methyl sites for hydroxylation is 1. The molecular weight excluding hydrogens is 428 g/mol. The number of ether oxygens (including phenoxy) is 1. The quantitative estimate of drug-likeness (QED) is 0.599. The number of rotatable bonds is 4. The number of benzene rings is 2. The first-order chi connectivity index (χ1) is 16.6. The Labute approximate surface area is 199 Å². The topological polar surface area (TPSA) is 94.4 Å².